The average Bonchev–Trinajstić information content (AvgIpc) is 3.09. The molecule has 0 N–H and O–H groups in total. The Morgan fingerprint density at radius 3 is 2.70 bits per heavy atom. The smallest absolute Gasteiger partial charge is 0.293 e. The van der Waals surface area contributed by atoms with Gasteiger partial charge in [0.15, 0.2) is 5.82 Å². The van der Waals surface area contributed by atoms with Gasteiger partial charge in [-0.05, 0) is 31.9 Å². The van der Waals surface area contributed by atoms with Crippen molar-refractivity contribution in [3.63, 3.8) is 0 Å². The van der Waals surface area contributed by atoms with Crippen molar-refractivity contribution < 1.29 is 9.45 Å². The lowest BCUT2D eigenvalue weighted by Crippen LogP contribution is -2.18. The monoisotopic (exact) mass is 274 g/mol. The molecule has 0 radical (unpaired) electrons. The molecule has 1 aromatic carbocycles. The minimum atomic E-state index is -0.361. The summed E-state index contributed by atoms with van der Waals surface area (Å²) in [4.78, 5) is 17.1. The minimum Gasteiger partial charge on any atom is -0.366 e. The van der Waals surface area contributed by atoms with Crippen LogP contribution in [-0.2, 0) is 0 Å². The first-order valence-corrected chi connectivity index (χ1v) is 6.49. The van der Waals surface area contributed by atoms with Crippen LogP contribution < -0.4 is 4.90 Å². The summed E-state index contributed by atoms with van der Waals surface area (Å²) in [5, 5.41) is 15.0. The second kappa shape index (κ2) is 4.92. The molecule has 2 heterocycles. The second-order valence-electron chi connectivity index (χ2n) is 4.80. The molecule has 2 aromatic rings. The van der Waals surface area contributed by atoms with Crippen molar-refractivity contribution in [2.75, 3.05) is 18.0 Å². The molecule has 0 atom stereocenters. The van der Waals surface area contributed by atoms with Crippen molar-refractivity contribution in [3.05, 3.63) is 34.1 Å². The lowest BCUT2D eigenvalue weighted by molar-refractivity contribution is -0.384. The van der Waals surface area contributed by atoms with Gasteiger partial charge in [-0.1, -0.05) is 5.16 Å². The Hall–Kier alpha value is -2.44. The highest BCUT2D eigenvalue weighted by molar-refractivity contribution is 5.71. The highest BCUT2D eigenvalue weighted by Gasteiger charge is 2.23. The largest absolute Gasteiger partial charge is 0.366 e. The summed E-state index contributed by atoms with van der Waals surface area (Å²) in [7, 11) is 0. The minimum absolute atomic E-state index is 0.0836. The van der Waals surface area contributed by atoms with Crippen LogP contribution in [0, 0.1) is 17.0 Å². The third kappa shape index (κ3) is 2.22. The summed E-state index contributed by atoms with van der Waals surface area (Å²) in [6.45, 7) is 3.43. The highest BCUT2D eigenvalue weighted by atomic mass is 16.6. The zero-order chi connectivity index (χ0) is 14.1. The van der Waals surface area contributed by atoms with Gasteiger partial charge in [-0.15, -0.1) is 0 Å². The van der Waals surface area contributed by atoms with Crippen molar-refractivity contribution >= 4 is 11.4 Å². The van der Waals surface area contributed by atoms with Crippen molar-refractivity contribution in [2.45, 2.75) is 19.8 Å². The standard InChI is InChI=1S/C13H14N4O3/c1-9-14-13(20-15-9)10-4-5-11(12(8-10)17(18)19)16-6-2-3-7-16/h4-5,8H,2-3,6-7H2,1H3. The number of aromatic nitrogens is 2. The molecule has 7 heteroatoms. The Bertz CT molecular complexity index is 647. The Morgan fingerprint density at radius 2 is 2.10 bits per heavy atom. The van der Waals surface area contributed by atoms with Gasteiger partial charge in [-0.2, -0.15) is 4.98 Å². The summed E-state index contributed by atoms with van der Waals surface area (Å²) in [5.41, 5.74) is 1.31. The Labute approximate surface area is 115 Å². The molecule has 3 rings (SSSR count). The first kappa shape index (κ1) is 12.6. The number of rotatable bonds is 3. The fraction of sp³-hybridized carbons (Fsp3) is 0.385. The van der Waals surface area contributed by atoms with Crippen LogP contribution in [0.5, 0.6) is 0 Å². The molecule has 0 unspecified atom stereocenters. The van der Waals surface area contributed by atoms with Crippen LogP contribution in [0.1, 0.15) is 18.7 Å². The Kier molecular flexibility index (Phi) is 3.09. The van der Waals surface area contributed by atoms with Crippen molar-refractivity contribution in [2.24, 2.45) is 0 Å². The van der Waals surface area contributed by atoms with E-state index in [4.69, 9.17) is 4.52 Å². The number of benzene rings is 1. The van der Waals surface area contributed by atoms with Gasteiger partial charge >= 0.3 is 0 Å². The zero-order valence-electron chi connectivity index (χ0n) is 11.1. The maximum Gasteiger partial charge on any atom is 0.293 e. The zero-order valence-corrected chi connectivity index (χ0v) is 11.1. The first-order valence-electron chi connectivity index (χ1n) is 6.49. The molecule has 0 bridgehead atoms. The quantitative estimate of drug-likeness (QED) is 0.631. The van der Waals surface area contributed by atoms with Crippen LogP contribution in [0.25, 0.3) is 11.5 Å². The third-order valence-electron chi connectivity index (χ3n) is 3.39. The molecular weight excluding hydrogens is 260 g/mol. The summed E-state index contributed by atoms with van der Waals surface area (Å²) >= 11 is 0. The van der Waals surface area contributed by atoms with E-state index in [1.54, 1.807) is 19.1 Å². The summed E-state index contributed by atoms with van der Waals surface area (Å²) in [6, 6.07) is 5.05. The van der Waals surface area contributed by atoms with Gasteiger partial charge in [0, 0.05) is 24.7 Å². The van der Waals surface area contributed by atoms with E-state index in [1.807, 2.05) is 4.90 Å². The molecule has 1 fully saturated rings. The topological polar surface area (TPSA) is 85.3 Å². The second-order valence-corrected chi connectivity index (χ2v) is 4.80. The van der Waals surface area contributed by atoms with Crippen molar-refractivity contribution in [1.82, 2.24) is 10.1 Å². The van der Waals surface area contributed by atoms with Crippen molar-refractivity contribution in [3.8, 4) is 11.5 Å². The van der Waals surface area contributed by atoms with Gasteiger partial charge in [0.25, 0.3) is 11.6 Å². The SMILES string of the molecule is Cc1noc(-c2ccc(N3CCCC3)c([N+](=O)[O-])c2)n1. The van der Waals surface area contributed by atoms with E-state index in [0.717, 1.165) is 25.9 Å². The molecule has 20 heavy (non-hydrogen) atoms. The van der Waals surface area contributed by atoms with E-state index in [2.05, 4.69) is 10.1 Å². The van der Waals surface area contributed by atoms with Gasteiger partial charge < -0.3 is 9.42 Å². The molecule has 1 aliphatic rings. The number of aryl methyl sites for hydroxylation is 1. The number of nitrogens with zero attached hydrogens (tertiary/aromatic N) is 4. The van der Waals surface area contributed by atoms with E-state index >= 15 is 0 Å². The van der Waals surface area contributed by atoms with Gasteiger partial charge in [-0.3, -0.25) is 10.1 Å². The van der Waals surface area contributed by atoms with Crippen LogP contribution >= 0.6 is 0 Å². The number of hydrogen-bond donors (Lipinski definition) is 0. The van der Waals surface area contributed by atoms with E-state index in [0.29, 0.717) is 23.0 Å². The molecule has 1 aromatic heterocycles. The van der Waals surface area contributed by atoms with E-state index in [1.165, 1.54) is 6.07 Å². The van der Waals surface area contributed by atoms with Crippen LogP contribution in [0.2, 0.25) is 0 Å². The predicted octanol–water partition coefficient (Wildman–Crippen LogP) is 2.55. The Balaban J connectivity index is 2.03. The van der Waals surface area contributed by atoms with Crippen LogP contribution in [0.3, 0.4) is 0 Å². The normalized spacial score (nSPS) is 14.8. The molecule has 0 saturated carbocycles. The molecule has 1 saturated heterocycles. The van der Waals surface area contributed by atoms with Gasteiger partial charge in [0.1, 0.15) is 5.69 Å². The lowest BCUT2D eigenvalue weighted by atomic mass is 10.1. The highest BCUT2D eigenvalue weighted by Crippen LogP contribution is 2.34. The van der Waals surface area contributed by atoms with Crippen LogP contribution in [0.15, 0.2) is 22.7 Å². The van der Waals surface area contributed by atoms with E-state index in [9.17, 15) is 10.1 Å². The lowest BCUT2D eigenvalue weighted by Gasteiger charge is -2.17. The predicted molar refractivity (Wildman–Crippen MR) is 72.6 cm³/mol. The Morgan fingerprint density at radius 1 is 1.35 bits per heavy atom. The molecular formula is C13H14N4O3. The maximum atomic E-state index is 11.3. The summed E-state index contributed by atoms with van der Waals surface area (Å²) < 4.78 is 5.05. The van der Waals surface area contributed by atoms with E-state index < -0.39 is 0 Å². The summed E-state index contributed by atoms with van der Waals surface area (Å²) in [5.74, 6) is 0.810. The van der Waals surface area contributed by atoms with Gasteiger partial charge in [-0.25, -0.2) is 0 Å². The number of nitro groups is 1. The third-order valence-corrected chi connectivity index (χ3v) is 3.39. The molecule has 7 nitrogen and oxygen atoms in total. The molecule has 1 aliphatic heterocycles. The molecule has 0 aliphatic carbocycles. The first-order chi connectivity index (χ1) is 9.65. The molecule has 0 amide bonds. The van der Waals surface area contributed by atoms with Crippen LogP contribution in [0.4, 0.5) is 11.4 Å². The van der Waals surface area contributed by atoms with Crippen LogP contribution in [-0.4, -0.2) is 28.2 Å². The fourth-order valence-electron chi connectivity index (χ4n) is 2.44. The van der Waals surface area contributed by atoms with Gasteiger partial charge in [0.05, 0.1) is 4.92 Å². The van der Waals surface area contributed by atoms with Gasteiger partial charge in [0.2, 0.25) is 0 Å². The average molecular weight is 274 g/mol. The molecule has 104 valence electrons. The van der Waals surface area contributed by atoms with Crippen molar-refractivity contribution in [1.29, 1.82) is 0 Å². The maximum absolute atomic E-state index is 11.3. The number of nitro benzene ring substituents is 1. The summed E-state index contributed by atoms with van der Waals surface area (Å²) in [6.07, 6.45) is 2.14. The molecule has 0 spiro atoms. The van der Waals surface area contributed by atoms with E-state index in [-0.39, 0.29) is 10.6 Å². The number of anilines is 1. The number of hydrogen-bond acceptors (Lipinski definition) is 6. The fourth-order valence-corrected chi connectivity index (χ4v) is 2.44.